The highest BCUT2D eigenvalue weighted by Gasteiger charge is 2.53. The average molecular weight is 582 g/mol. The lowest BCUT2D eigenvalue weighted by Gasteiger charge is -2.47. The van der Waals surface area contributed by atoms with E-state index in [1.807, 2.05) is 11.8 Å². The van der Waals surface area contributed by atoms with Crippen LogP contribution in [-0.2, 0) is 15.2 Å². The highest BCUT2D eigenvalue weighted by Crippen LogP contribution is 2.57. The van der Waals surface area contributed by atoms with Crippen molar-refractivity contribution < 1.29 is 9.47 Å². The van der Waals surface area contributed by atoms with Gasteiger partial charge in [-0.05, 0) is 25.7 Å². The molecule has 1 saturated carbocycles. The van der Waals surface area contributed by atoms with Gasteiger partial charge in [-0.25, -0.2) is 0 Å². The maximum absolute atomic E-state index is 9.79. The molecule has 0 unspecified atom stereocenters. The fourth-order valence-electron chi connectivity index (χ4n) is 7.05. The summed E-state index contributed by atoms with van der Waals surface area (Å²) in [7, 11) is 0. The lowest BCUT2D eigenvalue weighted by molar-refractivity contribution is 0.0231. The minimum absolute atomic E-state index is 0.118. The number of nitrogens with zero attached hydrogens (tertiary/aromatic N) is 7. The first-order chi connectivity index (χ1) is 19.5. The molecule has 13 heteroatoms. The third kappa shape index (κ3) is 4.39. The molecule has 0 radical (unpaired) electrons. The molecular formula is C27H35N9O2S2. The zero-order valence-electron chi connectivity index (χ0n) is 22.6. The van der Waals surface area contributed by atoms with E-state index in [9.17, 15) is 5.26 Å². The van der Waals surface area contributed by atoms with Crippen molar-refractivity contribution in [3.63, 3.8) is 0 Å². The van der Waals surface area contributed by atoms with Crippen LogP contribution < -0.4 is 25.6 Å². The first kappa shape index (κ1) is 25.3. The molecule has 2 aromatic heterocycles. The minimum atomic E-state index is -0.118. The molecular weight excluding hydrogens is 546 g/mol. The van der Waals surface area contributed by atoms with Crippen molar-refractivity contribution in [1.29, 1.82) is 5.26 Å². The second-order valence-electron chi connectivity index (χ2n) is 12.3. The Morgan fingerprint density at radius 3 is 2.50 bits per heavy atom. The number of nitrogens with two attached hydrogens (primary N) is 1. The van der Waals surface area contributed by atoms with Gasteiger partial charge in [0.25, 0.3) is 0 Å². The van der Waals surface area contributed by atoms with Gasteiger partial charge in [0.2, 0.25) is 11.9 Å². The van der Waals surface area contributed by atoms with E-state index < -0.39 is 0 Å². The molecule has 2 atom stereocenters. The number of fused-ring (bicyclic) bond motifs is 4. The van der Waals surface area contributed by atoms with Gasteiger partial charge in [-0.2, -0.15) is 20.2 Å². The normalized spacial score (nSPS) is 27.9. The van der Waals surface area contributed by atoms with E-state index in [-0.39, 0.29) is 10.2 Å². The maximum Gasteiger partial charge on any atom is 0.323 e. The van der Waals surface area contributed by atoms with Gasteiger partial charge < -0.3 is 30.3 Å². The van der Waals surface area contributed by atoms with Crippen LogP contribution in [0.4, 0.5) is 16.9 Å². The first-order valence-electron chi connectivity index (χ1n) is 14.4. The van der Waals surface area contributed by atoms with E-state index in [4.69, 9.17) is 30.2 Å². The summed E-state index contributed by atoms with van der Waals surface area (Å²) in [6.07, 6.45) is 4.75. The second-order valence-corrected chi connectivity index (χ2v) is 14.8. The van der Waals surface area contributed by atoms with Crippen molar-refractivity contribution in [1.82, 2.24) is 25.2 Å². The number of thioether (sulfide) groups is 1. The Labute approximate surface area is 242 Å². The molecule has 8 rings (SSSR count). The molecule has 212 valence electrons. The van der Waals surface area contributed by atoms with Gasteiger partial charge in [0.15, 0.2) is 0 Å². The molecule has 2 aromatic rings. The number of nitriles is 1. The Hall–Kier alpha value is -2.37. The molecule has 4 saturated heterocycles. The number of hydrogen-bond acceptors (Lipinski definition) is 13. The Bertz CT molecular complexity index is 1330. The summed E-state index contributed by atoms with van der Waals surface area (Å²) in [4.78, 5) is 23.0. The van der Waals surface area contributed by atoms with E-state index in [0.29, 0.717) is 41.2 Å². The molecule has 5 aliphatic heterocycles. The van der Waals surface area contributed by atoms with Crippen molar-refractivity contribution in [3.8, 4) is 12.1 Å². The van der Waals surface area contributed by atoms with Crippen molar-refractivity contribution in [2.75, 3.05) is 81.2 Å². The van der Waals surface area contributed by atoms with E-state index >= 15 is 0 Å². The number of rotatable bonds is 7. The number of aromatic nitrogens is 3. The Morgan fingerprint density at radius 2 is 1.80 bits per heavy atom. The molecule has 7 heterocycles. The smallest absolute Gasteiger partial charge is 0.323 e. The summed E-state index contributed by atoms with van der Waals surface area (Å²) in [5.74, 6) is 2.30. The minimum Gasteiger partial charge on any atom is -0.463 e. The number of nitrogens with one attached hydrogen (secondary N) is 1. The Morgan fingerprint density at radius 1 is 1.07 bits per heavy atom. The zero-order valence-corrected chi connectivity index (χ0v) is 24.2. The van der Waals surface area contributed by atoms with E-state index in [2.05, 4.69) is 26.1 Å². The summed E-state index contributed by atoms with van der Waals surface area (Å²) >= 11 is 3.48. The molecule has 1 aliphatic carbocycles. The number of hydrogen-bond donors (Lipinski definition) is 2. The van der Waals surface area contributed by atoms with Crippen molar-refractivity contribution >= 4 is 40.0 Å². The number of nitrogen functional groups attached to an aromatic ring is 1. The van der Waals surface area contributed by atoms with Crippen LogP contribution in [0.2, 0.25) is 0 Å². The number of morpholine rings is 1. The summed E-state index contributed by atoms with van der Waals surface area (Å²) in [5.41, 5.74) is 8.18. The molecule has 0 amide bonds. The van der Waals surface area contributed by atoms with Gasteiger partial charge in [0.1, 0.15) is 11.1 Å². The second kappa shape index (κ2) is 9.59. The molecule has 3 N–H and O–H groups in total. The van der Waals surface area contributed by atoms with Crippen molar-refractivity contribution in [3.05, 3.63) is 16.0 Å². The number of piperazine rings is 1. The van der Waals surface area contributed by atoms with Gasteiger partial charge in [-0.15, -0.1) is 23.1 Å². The molecule has 5 fully saturated rings. The van der Waals surface area contributed by atoms with Gasteiger partial charge in [-0.3, -0.25) is 4.90 Å². The summed E-state index contributed by atoms with van der Waals surface area (Å²) in [6, 6.07) is 3.77. The lowest BCUT2D eigenvalue weighted by atomic mass is 9.88. The number of anilines is 3. The van der Waals surface area contributed by atoms with Crippen LogP contribution in [0.5, 0.6) is 6.01 Å². The van der Waals surface area contributed by atoms with Gasteiger partial charge in [-0.1, -0.05) is 0 Å². The summed E-state index contributed by atoms with van der Waals surface area (Å²) in [5, 5.41) is 14.1. The van der Waals surface area contributed by atoms with E-state index in [1.54, 1.807) is 11.3 Å². The molecule has 40 heavy (non-hydrogen) atoms. The highest BCUT2D eigenvalue weighted by atomic mass is 32.2. The fourth-order valence-corrected chi connectivity index (χ4v) is 9.86. The number of ether oxygens (including phenoxy) is 2. The third-order valence-corrected chi connectivity index (χ3v) is 12.1. The summed E-state index contributed by atoms with van der Waals surface area (Å²) < 4.78 is 11.8. The SMILES string of the molecule is N#Cc1c(N)sc2c1C1(CN(c3nc(OCC4(CN5CCOCC5)CC4)nc(N4C[C@H]5CC[C@@H](C4)N5)n3)C1)SC2. The van der Waals surface area contributed by atoms with Crippen LogP contribution >= 0.6 is 23.1 Å². The fraction of sp³-hybridized carbons (Fsp3) is 0.704. The first-order valence-corrected chi connectivity index (χ1v) is 16.2. The van der Waals surface area contributed by atoms with Crippen LogP contribution in [-0.4, -0.2) is 97.6 Å². The van der Waals surface area contributed by atoms with Crippen LogP contribution in [0.15, 0.2) is 0 Å². The van der Waals surface area contributed by atoms with Gasteiger partial charge in [0, 0.05) is 79.5 Å². The van der Waals surface area contributed by atoms with Crippen molar-refractivity contribution in [2.45, 2.75) is 48.3 Å². The predicted molar refractivity (Wildman–Crippen MR) is 155 cm³/mol. The van der Waals surface area contributed by atoms with Crippen LogP contribution in [0.3, 0.4) is 0 Å². The number of thiophene rings is 1. The molecule has 0 aromatic carbocycles. The van der Waals surface area contributed by atoms with Crippen LogP contribution in [0.25, 0.3) is 0 Å². The van der Waals surface area contributed by atoms with Crippen molar-refractivity contribution in [2.24, 2.45) is 5.41 Å². The molecule has 6 aliphatic rings. The largest absolute Gasteiger partial charge is 0.463 e. The topological polar surface area (TPSA) is 129 Å². The highest BCUT2D eigenvalue weighted by molar-refractivity contribution is 8.00. The Kier molecular flexibility index (Phi) is 6.08. The molecule has 2 bridgehead atoms. The predicted octanol–water partition coefficient (Wildman–Crippen LogP) is 1.78. The van der Waals surface area contributed by atoms with E-state index in [0.717, 1.165) is 76.3 Å². The van der Waals surface area contributed by atoms with Crippen LogP contribution in [0.1, 0.15) is 41.7 Å². The quantitative estimate of drug-likeness (QED) is 0.495. The van der Waals surface area contributed by atoms with E-state index in [1.165, 1.54) is 30.6 Å². The zero-order chi connectivity index (χ0) is 26.9. The maximum atomic E-state index is 9.79. The van der Waals surface area contributed by atoms with Gasteiger partial charge in [0.05, 0.1) is 30.1 Å². The lowest BCUT2D eigenvalue weighted by Crippen LogP contribution is -2.57. The standard InChI is InChI=1S/C27H35N9O2S2/c28-9-19-21-20(40-22(19)29)12-39-27(21)14-36(15-27)24-31-23(35-10-17-1-2-18(11-35)30-17)32-25(33-24)38-16-26(3-4-26)13-34-5-7-37-8-6-34/h17-18,30H,1-8,10-16,29H2/t17-,18+. The summed E-state index contributed by atoms with van der Waals surface area (Å²) in [6.45, 7) is 8.61. The van der Waals surface area contributed by atoms with Gasteiger partial charge >= 0.3 is 6.01 Å². The van der Waals surface area contributed by atoms with Crippen LogP contribution in [0, 0.1) is 16.7 Å². The third-order valence-electron chi connectivity index (χ3n) is 9.45. The Balaban J connectivity index is 1.03. The average Bonchev–Trinajstić information content (AvgIpc) is 3.32. The monoisotopic (exact) mass is 581 g/mol. The molecule has 11 nitrogen and oxygen atoms in total. The molecule has 1 spiro atoms.